The van der Waals surface area contributed by atoms with Gasteiger partial charge in [-0.15, -0.1) is 4.79 Å². The van der Waals surface area contributed by atoms with Crippen LogP contribution in [0.5, 0.6) is 0 Å². The molecule has 0 saturated carbocycles. The number of ether oxygens (including phenoxy) is 1. The van der Waals surface area contributed by atoms with Gasteiger partial charge < -0.3 is 9.72 Å². The van der Waals surface area contributed by atoms with Gasteiger partial charge in [-0.2, -0.15) is 0 Å². The SMILES string of the molecule is Cc1cc(=O)[nH]c2ccc(C3CN(n4nnnc4NC(=O)c4ccccc4)CCO3)cc12. The number of nitrogens with zero attached hydrogens (tertiary/aromatic N) is 5. The molecule has 2 aromatic carbocycles. The van der Waals surface area contributed by atoms with E-state index in [2.05, 4.69) is 25.8 Å². The zero-order valence-corrected chi connectivity index (χ0v) is 17.4. The van der Waals surface area contributed by atoms with Crippen LogP contribution < -0.4 is 15.9 Å². The number of fused-ring (bicyclic) bond motifs is 1. The predicted octanol–water partition coefficient (Wildman–Crippen LogP) is 1.78. The summed E-state index contributed by atoms with van der Waals surface area (Å²) >= 11 is 0. The fourth-order valence-electron chi connectivity index (χ4n) is 3.86. The van der Waals surface area contributed by atoms with Gasteiger partial charge in [-0.3, -0.25) is 19.9 Å². The zero-order chi connectivity index (χ0) is 22.1. The number of carbonyl (C=O) groups is 1. The van der Waals surface area contributed by atoms with Crippen LogP contribution in [0.1, 0.15) is 27.6 Å². The molecule has 1 aliphatic heterocycles. The van der Waals surface area contributed by atoms with Crippen molar-refractivity contribution in [3.63, 3.8) is 0 Å². The molecule has 0 aliphatic carbocycles. The first-order chi connectivity index (χ1) is 15.6. The molecule has 2 N–H and O–H groups in total. The Hall–Kier alpha value is -4.05. The highest BCUT2D eigenvalue weighted by Crippen LogP contribution is 2.26. The van der Waals surface area contributed by atoms with E-state index in [4.69, 9.17) is 4.74 Å². The summed E-state index contributed by atoms with van der Waals surface area (Å²) in [5.41, 5.74) is 3.08. The topological polar surface area (TPSA) is 118 Å². The van der Waals surface area contributed by atoms with Crippen LogP contribution in [0.2, 0.25) is 0 Å². The van der Waals surface area contributed by atoms with Crippen LogP contribution in [-0.2, 0) is 4.74 Å². The lowest BCUT2D eigenvalue weighted by atomic mass is 10.0. The van der Waals surface area contributed by atoms with Crippen LogP contribution >= 0.6 is 0 Å². The van der Waals surface area contributed by atoms with Crippen molar-refractivity contribution in [1.29, 1.82) is 0 Å². The molecule has 5 rings (SSSR count). The molecule has 0 spiro atoms. The number of hydrogen-bond acceptors (Lipinski definition) is 7. The first-order valence-electron chi connectivity index (χ1n) is 10.2. The van der Waals surface area contributed by atoms with Gasteiger partial charge >= 0.3 is 0 Å². The molecule has 1 aliphatic rings. The van der Waals surface area contributed by atoms with E-state index in [1.165, 1.54) is 4.79 Å². The Morgan fingerprint density at radius 3 is 2.88 bits per heavy atom. The number of rotatable bonds is 4. The minimum atomic E-state index is -0.287. The molecule has 0 radical (unpaired) electrons. The number of morpholine rings is 1. The number of benzene rings is 2. The molecule has 0 bridgehead atoms. The van der Waals surface area contributed by atoms with E-state index in [1.807, 2.05) is 36.2 Å². The van der Waals surface area contributed by atoms with E-state index in [0.717, 1.165) is 22.0 Å². The summed E-state index contributed by atoms with van der Waals surface area (Å²) in [4.78, 5) is 28.6. The summed E-state index contributed by atoms with van der Waals surface area (Å²) in [6.45, 7) is 3.44. The maximum absolute atomic E-state index is 12.5. The van der Waals surface area contributed by atoms with Crippen LogP contribution in [0, 0.1) is 6.92 Å². The number of H-pyrrole nitrogens is 1. The van der Waals surface area contributed by atoms with Crippen molar-refractivity contribution in [3.8, 4) is 0 Å². The fraction of sp³-hybridized carbons (Fsp3) is 0.227. The van der Waals surface area contributed by atoms with E-state index >= 15 is 0 Å². The van der Waals surface area contributed by atoms with Crippen LogP contribution in [0.4, 0.5) is 5.95 Å². The average molecular weight is 431 g/mol. The third-order valence-electron chi connectivity index (χ3n) is 5.47. The molecule has 10 heteroatoms. The Bertz CT molecular complexity index is 1330. The van der Waals surface area contributed by atoms with Gasteiger partial charge in [0.25, 0.3) is 11.9 Å². The average Bonchev–Trinajstić information content (AvgIpc) is 3.27. The standard InChI is InChI=1S/C22H21N7O3/c1-14-11-20(30)23-18-8-7-16(12-17(14)18)19-13-28(9-10-32-19)29-22(25-26-27-29)24-21(31)15-5-3-2-4-6-15/h2-8,11-12,19H,9-10,13H2,1H3,(H,23,30)(H,24,25,27,31). The molecule has 1 fully saturated rings. The van der Waals surface area contributed by atoms with Gasteiger partial charge in [0, 0.05) is 22.5 Å². The second kappa shape index (κ2) is 8.23. The molecule has 1 unspecified atom stereocenters. The van der Waals surface area contributed by atoms with Gasteiger partial charge in [0.15, 0.2) is 0 Å². The van der Waals surface area contributed by atoms with Crippen molar-refractivity contribution in [3.05, 3.63) is 81.6 Å². The first-order valence-corrected chi connectivity index (χ1v) is 10.2. The summed E-state index contributed by atoms with van der Waals surface area (Å²) < 4.78 is 6.01. The molecular formula is C22H21N7O3. The van der Waals surface area contributed by atoms with Crippen molar-refractivity contribution in [1.82, 2.24) is 25.3 Å². The Morgan fingerprint density at radius 1 is 1.19 bits per heavy atom. The van der Waals surface area contributed by atoms with E-state index in [0.29, 0.717) is 25.3 Å². The second-order valence-electron chi connectivity index (χ2n) is 7.61. The normalized spacial score (nSPS) is 16.3. The Morgan fingerprint density at radius 2 is 2.03 bits per heavy atom. The molecule has 162 valence electrons. The summed E-state index contributed by atoms with van der Waals surface area (Å²) in [5, 5.41) is 17.4. The van der Waals surface area contributed by atoms with Gasteiger partial charge in [0.05, 0.1) is 19.7 Å². The number of aromatic nitrogens is 5. The zero-order valence-electron chi connectivity index (χ0n) is 17.4. The molecule has 3 heterocycles. The smallest absolute Gasteiger partial charge is 0.269 e. The van der Waals surface area contributed by atoms with Crippen molar-refractivity contribution in [2.45, 2.75) is 13.0 Å². The van der Waals surface area contributed by atoms with Gasteiger partial charge in [-0.1, -0.05) is 29.4 Å². The highest BCUT2D eigenvalue weighted by atomic mass is 16.5. The largest absolute Gasteiger partial charge is 0.370 e. The van der Waals surface area contributed by atoms with Gasteiger partial charge in [0.2, 0.25) is 5.56 Å². The summed E-state index contributed by atoms with van der Waals surface area (Å²) in [6, 6.07) is 16.4. The minimum Gasteiger partial charge on any atom is -0.370 e. The molecule has 4 aromatic rings. The van der Waals surface area contributed by atoms with E-state index in [-0.39, 0.29) is 23.5 Å². The number of aryl methyl sites for hydroxylation is 1. The van der Waals surface area contributed by atoms with E-state index in [9.17, 15) is 9.59 Å². The van der Waals surface area contributed by atoms with Crippen molar-refractivity contribution < 1.29 is 9.53 Å². The van der Waals surface area contributed by atoms with E-state index in [1.54, 1.807) is 30.3 Å². The lowest BCUT2D eigenvalue weighted by Gasteiger charge is -2.34. The second-order valence-corrected chi connectivity index (χ2v) is 7.61. The Balaban J connectivity index is 1.37. The monoisotopic (exact) mass is 431 g/mol. The Labute approximate surface area is 182 Å². The number of anilines is 1. The Kier molecular flexibility index (Phi) is 5.12. The van der Waals surface area contributed by atoms with Crippen LogP contribution in [0.15, 0.2) is 59.4 Å². The first kappa shape index (κ1) is 19.9. The summed E-state index contributed by atoms with van der Waals surface area (Å²) in [7, 11) is 0. The fourth-order valence-corrected chi connectivity index (χ4v) is 3.86. The number of pyridine rings is 1. The van der Waals surface area contributed by atoms with Crippen LogP contribution in [0.25, 0.3) is 10.9 Å². The van der Waals surface area contributed by atoms with Gasteiger partial charge in [-0.05, 0) is 52.7 Å². The highest BCUT2D eigenvalue weighted by molar-refractivity contribution is 6.03. The highest BCUT2D eigenvalue weighted by Gasteiger charge is 2.26. The lowest BCUT2D eigenvalue weighted by Crippen LogP contribution is -2.46. The third kappa shape index (κ3) is 3.83. The summed E-state index contributed by atoms with van der Waals surface area (Å²) in [5.74, 6) is -0.0445. The number of tetrazole rings is 1. The molecule has 1 amide bonds. The van der Waals surface area contributed by atoms with Crippen molar-refractivity contribution >= 4 is 22.8 Å². The van der Waals surface area contributed by atoms with E-state index < -0.39 is 0 Å². The number of aromatic amines is 1. The molecule has 32 heavy (non-hydrogen) atoms. The molecule has 10 nitrogen and oxygen atoms in total. The quantitative estimate of drug-likeness (QED) is 0.506. The molecule has 1 atom stereocenters. The third-order valence-corrected chi connectivity index (χ3v) is 5.47. The molecule has 2 aromatic heterocycles. The minimum absolute atomic E-state index is 0.119. The molecular weight excluding hydrogens is 410 g/mol. The van der Waals surface area contributed by atoms with Gasteiger partial charge in [-0.25, -0.2) is 0 Å². The number of nitrogens with one attached hydrogen (secondary N) is 2. The van der Waals surface area contributed by atoms with Crippen molar-refractivity contribution in [2.24, 2.45) is 0 Å². The lowest BCUT2D eigenvalue weighted by molar-refractivity contribution is 0.0292. The van der Waals surface area contributed by atoms with Crippen LogP contribution in [-0.4, -0.2) is 50.9 Å². The predicted molar refractivity (Wildman–Crippen MR) is 118 cm³/mol. The van der Waals surface area contributed by atoms with Crippen molar-refractivity contribution in [2.75, 3.05) is 30.0 Å². The summed E-state index contributed by atoms with van der Waals surface area (Å²) in [6.07, 6.45) is -0.221. The number of amides is 1. The number of hydrogen-bond donors (Lipinski definition) is 2. The molecule has 1 saturated heterocycles. The maximum atomic E-state index is 12.5. The van der Waals surface area contributed by atoms with Gasteiger partial charge in [0.1, 0.15) is 6.10 Å². The van der Waals surface area contributed by atoms with Crippen LogP contribution in [0.3, 0.4) is 0 Å². The number of carbonyl (C=O) groups excluding carboxylic acids is 1. The maximum Gasteiger partial charge on any atom is 0.269 e.